The Bertz CT molecular complexity index is 329. The van der Waals surface area contributed by atoms with Crippen molar-refractivity contribution < 1.29 is 14.6 Å². The number of rotatable bonds is 17. The van der Waals surface area contributed by atoms with Crippen molar-refractivity contribution in [3.05, 3.63) is 0 Å². The summed E-state index contributed by atoms with van der Waals surface area (Å²) in [6, 6.07) is 0. The zero-order chi connectivity index (χ0) is 18.3. The molecular formula is C22H42O3. The first kappa shape index (κ1) is 22.5. The van der Waals surface area contributed by atoms with Gasteiger partial charge in [0.15, 0.2) is 0 Å². The van der Waals surface area contributed by atoms with Crippen LogP contribution in [0.3, 0.4) is 0 Å². The van der Waals surface area contributed by atoms with E-state index >= 15 is 0 Å². The predicted octanol–water partition coefficient (Wildman–Crippen LogP) is 6.17. The first-order valence-electron chi connectivity index (χ1n) is 11.1. The van der Waals surface area contributed by atoms with Crippen molar-refractivity contribution in [2.45, 2.75) is 129 Å². The topological polar surface area (TPSA) is 46.5 Å². The number of carbonyl (C=O) groups excluding carboxylic acids is 1. The van der Waals surface area contributed by atoms with Crippen LogP contribution in [0.2, 0.25) is 0 Å². The van der Waals surface area contributed by atoms with Crippen LogP contribution in [0.5, 0.6) is 0 Å². The molecule has 1 aliphatic rings. The van der Waals surface area contributed by atoms with Crippen molar-refractivity contribution in [3.8, 4) is 0 Å². The summed E-state index contributed by atoms with van der Waals surface area (Å²) in [5.74, 6) is 0.0120. The van der Waals surface area contributed by atoms with Gasteiger partial charge in [-0.25, -0.2) is 0 Å². The van der Waals surface area contributed by atoms with Crippen LogP contribution in [0.4, 0.5) is 0 Å². The van der Waals surface area contributed by atoms with E-state index in [1.165, 1.54) is 70.6 Å². The normalized spacial score (nSPS) is 21.0. The highest BCUT2D eigenvalue weighted by molar-refractivity contribution is 5.78. The molecule has 1 N–H and O–H groups in total. The van der Waals surface area contributed by atoms with Gasteiger partial charge in [0.1, 0.15) is 6.10 Å². The summed E-state index contributed by atoms with van der Waals surface area (Å²) in [6.07, 6.45) is 18.5. The predicted molar refractivity (Wildman–Crippen MR) is 105 cm³/mol. The number of aliphatic hydroxyl groups excluding tert-OH is 1. The quantitative estimate of drug-likeness (QED) is 0.251. The highest BCUT2D eigenvalue weighted by Gasteiger charge is 2.42. The molecule has 0 bridgehead atoms. The Labute approximate surface area is 155 Å². The van der Waals surface area contributed by atoms with Crippen LogP contribution in [0.15, 0.2) is 0 Å². The van der Waals surface area contributed by atoms with Crippen LogP contribution in [0, 0.1) is 5.92 Å². The summed E-state index contributed by atoms with van der Waals surface area (Å²) in [5.41, 5.74) is 0. The van der Waals surface area contributed by atoms with Crippen LogP contribution in [0.1, 0.15) is 117 Å². The molecule has 3 atom stereocenters. The maximum absolute atomic E-state index is 11.7. The molecule has 148 valence electrons. The fraction of sp³-hybridized carbons (Fsp3) is 0.955. The van der Waals surface area contributed by atoms with Crippen molar-refractivity contribution in [2.75, 3.05) is 0 Å². The van der Waals surface area contributed by atoms with Gasteiger partial charge in [-0.15, -0.1) is 0 Å². The molecule has 0 aromatic carbocycles. The molecule has 3 heteroatoms. The number of esters is 1. The van der Waals surface area contributed by atoms with Crippen LogP contribution in [-0.4, -0.2) is 23.3 Å². The highest BCUT2D eigenvalue weighted by Crippen LogP contribution is 2.31. The lowest BCUT2D eigenvalue weighted by Crippen LogP contribution is -2.46. The lowest BCUT2D eigenvalue weighted by atomic mass is 9.86. The van der Waals surface area contributed by atoms with E-state index in [0.29, 0.717) is 6.42 Å². The Morgan fingerprint density at radius 1 is 0.840 bits per heavy atom. The second-order valence-corrected chi connectivity index (χ2v) is 7.94. The minimum Gasteiger partial charge on any atom is -0.461 e. The summed E-state index contributed by atoms with van der Waals surface area (Å²) >= 11 is 0. The third-order valence-corrected chi connectivity index (χ3v) is 5.53. The number of hydrogen-bond donors (Lipinski definition) is 1. The zero-order valence-corrected chi connectivity index (χ0v) is 16.8. The van der Waals surface area contributed by atoms with Gasteiger partial charge in [-0.1, -0.05) is 97.3 Å². The van der Waals surface area contributed by atoms with E-state index in [2.05, 4.69) is 13.8 Å². The van der Waals surface area contributed by atoms with Crippen molar-refractivity contribution in [2.24, 2.45) is 5.92 Å². The summed E-state index contributed by atoms with van der Waals surface area (Å²) in [7, 11) is 0. The van der Waals surface area contributed by atoms with Gasteiger partial charge in [-0.05, 0) is 12.8 Å². The number of aliphatic hydroxyl groups is 1. The van der Waals surface area contributed by atoms with Gasteiger partial charge in [0.25, 0.3) is 0 Å². The van der Waals surface area contributed by atoms with Crippen LogP contribution in [-0.2, 0) is 9.53 Å². The van der Waals surface area contributed by atoms with Crippen LogP contribution in [0.25, 0.3) is 0 Å². The Hall–Kier alpha value is -0.570. The van der Waals surface area contributed by atoms with Crippen molar-refractivity contribution in [3.63, 3.8) is 0 Å². The smallest absolute Gasteiger partial charge is 0.313 e. The Morgan fingerprint density at radius 3 is 1.92 bits per heavy atom. The molecule has 0 spiro atoms. The molecule has 1 rings (SSSR count). The Morgan fingerprint density at radius 2 is 1.36 bits per heavy atom. The van der Waals surface area contributed by atoms with E-state index in [1.54, 1.807) is 0 Å². The maximum Gasteiger partial charge on any atom is 0.313 e. The maximum atomic E-state index is 11.7. The lowest BCUT2D eigenvalue weighted by molar-refractivity contribution is -0.188. The van der Waals surface area contributed by atoms with Gasteiger partial charge in [0.05, 0.1) is 12.0 Å². The SMILES string of the molecule is CCCCCCCCCC[C@H]1C(=O)O[C@H]1C[C@H](O)CCCCCCC. The molecule has 25 heavy (non-hydrogen) atoms. The Balaban J connectivity index is 2.03. The van der Waals surface area contributed by atoms with E-state index in [0.717, 1.165) is 25.7 Å². The zero-order valence-electron chi connectivity index (χ0n) is 16.8. The summed E-state index contributed by atoms with van der Waals surface area (Å²) in [5, 5.41) is 10.2. The van der Waals surface area contributed by atoms with Gasteiger partial charge in [0.2, 0.25) is 0 Å². The fourth-order valence-corrected chi connectivity index (χ4v) is 3.78. The second kappa shape index (κ2) is 14.6. The van der Waals surface area contributed by atoms with Crippen molar-refractivity contribution in [1.82, 2.24) is 0 Å². The van der Waals surface area contributed by atoms with Crippen molar-refractivity contribution in [1.29, 1.82) is 0 Å². The third-order valence-electron chi connectivity index (χ3n) is 5.53. The number of cyclic esters (lactones) is 1. The molecule has 0 radical (unpaired) electrons. The number of unbranched alkanes of at least 4 members (excludes halogenated alkanes) is 11. The monoisotopic (exact) mass is 354 g/mol. The molecule has 0 unspecified atom stereocenters. The van der Waals surface area contributed by atoms with Gasteiger partial charge in [0, 0.05) is 6.42 Å². The first-order valence-corrected chi connectivity index (χ1v) is 11.1. The third kappa shape index (κ3) is 10.2. The van der Waals surface area contributed by atoms with Crippen LogP contribution < -0.4 is 0 Å². The molecule has 0 aliphatic carbocycles. The number of ether oxygens (including phenoxy) is 1. The van der Waals surface area contributed by atoms with E-state index in [9.17, 15) is 9.90 Å². The second-order valence-electron chi connectivity index (χ2n) is 7.94. The Kier molecular flexibility index (Phi) is 13.1. The molecule has 0 aromatic heterocycles. The minimum absolute atomic E-state index is 0.0253. The summed E-state index contributed by atoms with van der Waals surface area (Å²) in [4.78, 5) is 11.7. The molecule has 3 nitrogen and oxygen atoms in total. The average molecular weight is 355 g/mol. The van der Waals surface area contributed by atoms with E-state index < -0.39 is 0 Å². The molecule has 1 fully saturated rings. The molecule has 1 aliphatic heterocycles. The van der Waals surface area contributed by atoms with Gasteiger partial charge in [-0.3, -0.25) is 4.79 Å². The van der Waals surface area contributed by atoms with E-state index in [1.807, 2.05) is 0 Å². The van der Waals surface area contributed by atoms with Gasteiger partial charge >= 0.3 is 5.97 Å². The summed E-state index contributed by atoms with van der Waals surface area (Å²) in [6.45, 7) is 4.46. The fourth-order valence-electron chi connectivity index (χ4n) is 3.78. The minimum atomic E-state index is -0.305. The van der Waals surface area contributed by atoms with Gasteiger partial charge < -0.3 is 9.84 Å². The van der Waals surface area contributed by atoms with Crippen LogP contribution >= 0.6 is 0 Å². The summed E-state index contributed by atoms with van der Waals surface area (Å²) < 4.78 is 5.29. The first-order chi connectivity index (χ1) is 12.2. The molecule has 1 saturated heterocycles. The number of hydrogen-bond acceptors (Lipinski definition) is 3. The van der Waals surface area contributed by atoms with Crippen molar-refractivity contribution >= 4 is 5.97 Å². The van der Waals surface area contributed by atoms with E-state index in [-0.39, 0.29) is 24.1 Å². The van der Waals surface area contributed by atoms with E-state index in [4.69, 9.17) is 4.74 Å². The van der Waals surface area contributed by atoms with Gasteiger partial charge in [-0.2, -0.15) is 0 Å². The lowest BCUT2D eigenvalue weighted by Gasteiger charge is -2.36. The molecule has 0 aromatic rings. The average Bonchev–Trinajstić information content (AvgIpc) is 2.59. The largest absolute Gasteiger partial charge is 0.461 e. The highest BCUT2D eigenvalue weighted by atomic mass is 16.6. The standard InChI is InChI=1S/C22H42O3/c1-3-5-7-9-10-11-13-15-17-20-21(25-22(20)24)18-19(23)16-14-12-8-6-4-2/h19-21,23H,3-18H2,1-2H3/t19-,20-,21+/m1/s1. The molecular weight excluding hydrogens is 312 g/mol. The number of carbonyl (C=O) groups is 1. The molecule has 0 saturated carbocycles. The molecule has 1 heterocycles. The molecule has 0 amide bonds.